The first-order valence-electron chi connectivity index (χ1n) is 37.7. The Morgan fingerprint density at radius 3 is 0.890 bits per heavy atom. The number of hydrogen-bond acceptors (Lipinski definition) is 15. The number of phosphoric ester groups is 2. The van der Waals surface area contributed by atoms with Gasteiger partial charge in [0, 0.05) is 19.3 Å². The summed E-state index contributed by atoms with van der Waals surface area (Å²) >= 11 is 0. The molecule has 0 spiro atoms. The first-order valence-corrected chi connectivity index (χ1v) is 40.7. The van der Waals surface area contributed by atoms with Gasteiger partial charge >= 0.3 is 39.5 Å². The Bertz CT molecular complexity index is 2520. The third kappa shape index (κ3) is 71.1. The Labute approximate surface area is 604 Å². The van der Waals surface area contributed by atoms with Gasteiger partial charge in [0.25, 0.3) is 0 Å². The van der Waals surface area contributed by atoms with E-state index in [1.54, 1.807) is 12.2 Å². The highest BCUT2D eigenvalue weighted by molar-refractivity contribution is 7.47. The fourth-order valence-corrected chi connectivity index (χ4v) is 10.9. The zero-order valence-corrected chi connectivity index (χ0v) is 63.6. The summed E-state index contributed by atoms with van der Waals surface area (Å²) in [5.41, 5.74) is 0. The molecule has 0 bridgehead atoms. The molecule has 0 saturated heterocycles. The van der Waals surface area contributed by atoms with Gasteiger partial charge in [0.2, 0.25) is 0 Å². The summed E-state index contributed by atoms with van der Waals surface area (Å²) < 4.78 is 68.3. The minimum absolute atomic E-state index is 0.0674. The van der Waals surface area contributed by atoms with Gasteiger partial charge in [-0.3, -0.25) is 37.3 Å². The van der Waals surface area contributed by atoms with Crippen molar-refractivity contribution in [3.8, 4) is 0 Å². The largest absolute Gasteiger partial charge is 0.472 e. The lowest BCUT2D eigenvalue weighted by atomic mass is 10.1. The van der Waals surface area contributed by atoms with Gasteiger partial charge in [-0.2, -0.15) is 0 Å². The van der Waals surface area contributed by atoms with E-state index in [4.69, 9.17) is 37.0 Å². The third-order valence-electron chi connectivity index (χ3n) is 15.0. The van der Waals surface area contributed by atoms with Crippen LogP contribution in [0.3, 0.4) is 0 Å². The molecule has 0 aromatic rings. The number of ether oxygens (including phenoxy) is 4. The van der Waals surface area contributed by atoms with Crippen LogP contribution in [-0.2, 0) is 65.4 Å². The minimum atomic E-state index is -5.01. The highest BCUT2D eigenvalue weighted by Gasteiger charge is 2.30. The Morgan fingerprint density at radius 1 is 0.300 bits per heavy atom. The number of allylic oxidation sites excluding steroid dienone is 25. The minimum Gasteiger partial charge on any atom is -0.462 e. The van der Waals surface area contributed by atoms with Crippen LogP contribution in [0, 0.1) is 0 Å². The van der Waals surface area contributed by atoms with Gasteiger partial charge in [0.15, 0.2) is 12.2 Å². The number of aliphatic hydroxyl groups is 1. The van der Waals surface area contributed by atoms with Gasteiger partial charge in [-0.1, -0.05) is 263 Å². The second-order valence-electron chi connectivity index (χ2n) is 24.5. The molecule has 0 heterocycles. The van der Waals surface area contributed by atoms with Crippen molar-refractivity contribution in [3.05, 3.63) is 158 Å². The molecular formula is C81H132O17P2. The van der Waals surface area contributed by atoms with Gasteiger partial charge in [-0.05, 0) is 141 Å². The normalized spacial score (nSPS) is 14.8. The van der Waals surface area contributed by atoms with Gasteiger partial charge in [0.05, 0.1) is 32.8 Å². The number of esters is 4. The van der Waals surface area contributed by atoms with Crippen LogP contribution in [0.1, 0.15) is 272 Å². The maximum atomic E-state index is 13.1. The molecule has 0 radical (unpaired) electrons. The van der Waals surface area contributed by atoms with Crippen molar-refractivity contribution >= 4 is 39.5 Å². The molecular weight excluding hydrogens is 1310 g/mol. The second kappa shape index (κ2) is 72.0. The molecule has 568 valence electrons. The number of phosphoric acid groups is 2. The van der Waals surface area contributed by atoms with E-state index >= 15 is 0 Å². The van der Waals surface area contributed by atoms with Gasteiger partial charge in [-0.25, -0.2) is 9.13 Å². The monoisotopic (exact) mass is 1440 g/mol. The van der Waals surface area contributed by atoms with Gasteiger partial charge in [0.1, 0.15) is 19.3 Å². The van der Waals surface area contributed by atoms with E-state index in [9.17, 15) is 43.2 Å². The predicted molar refractivity (Wildman–Crippen MR) is 408 cm³/mol. The molecule has 3 N–H and O–H groups in total. The molecule has 5 atom stereocenters. The van der Waals surface area contributed by atoms with E-state index < -0.39 is 97.5 Å². The molecule has 0 aromatic heterocycles. The lowest BCUT2D eigenvalue weighted by molar-refractivity contribution is -0.161. The zero-order chi connectivity index (χ0) is 73.2. The van der Waals surface area contributed by atoms with Crippen LogP contribution >= 0.6 is 15.6 Å². The van der Waals surface area contributed by atoms with Crippen LogP contribution in [0.15, 0.2) is 158 Å². The smallest absolute Gasteiger partial charge is 0.462 e. The fraction of sp³-hybridized carbons (Fsp3) is 0.630. The van der Waals surface area contributed by atoms with Crippen molar-refractivity contribution < 1.29 is 80.2 Å². The number of carbonyl (C=O) groups is 4. The van der Waals surface area contributed by atoms with Gasteiger partial charge < -0.3 is 33.8 Å². The molecule has 0 amide bonds. The molecule has 0 aromatic carbocycles. The maximum Gasteiger partial charge on any atom is 0.472 e. The number of aliphatic hydroxyl groups excluding tert-OH is 1. The number of unbranched alkanes of at least 4 members (excludes halogenated alkanes) is 18. The van der Waals surface area contributed by atoms with Crippen molar-refractivity contribution in [1.82, 2.24) is 0 Å². The van der Waals surface area contributed by atoms with E-state index in [0.717, 1.165) is 193 Å². The molecule has 0 aliphatic carbocycles. The number of hydrogen-bond donors (Lipinski definition) is 3. The summed E-state index contributed by atoms with van der Waals surface area (Å²) in [6.45, 7) is 4.28. The van der Waals surface area contributed by atoms with Crippen LogP contribution in [0.2, 0.25) is 0 Å². The second-order valence-corrected chi connectivity index (χ2v) is 27.4. The number of carbonyl (C=O) groups excluding carboxylic acids is 4. The molecule has 5 unspecified atom stereocenters. The molecule has 100 heavy (non-hydrogen) atoms. The Balaban J connectivity index is 5.45. The molecule has 0 rings (SSSR count). The van der Waals surface area contributed by atoms with Crippen LogP contribution in [-0.4, -0.2) is 96.7 Å². The standard InChI is InChI=1S/C81H132O17P2/c1-5-9-13-17-21-25-29-33-36-37-40-43-46-50-54-58-62-66-79(84)92-72-77(98-81(86)68-64-60-56-52-48-44-39-35-31-27-23-19-15-11-7-3)74-96-100(89,90)94-70-75(82)69-93-99(87,88)95-73-76(97-80(85)67-63-59-55-51-47-41-32-28-24-20-16-12-8-4)71-91-78(83)65-61-57-53-49-45-42-38-34-30-26-22-18-14-10-6-2/h9-11,13-16,20-23,25-28,32-36,38-39,48,52,60,64,75-77,82H,5-8,12,17-19,24,29-31,37,40-47,49-51,53-59,61-63,65-74H2,1-4H3,(H,87,88)(H,89,90)/b13-9-,14-10-,15-11-,20-16-,25-21-,26-22-,27-23-,32-28-,36-33-,38-34-,39-35-,52-48-,64-60-. The highest BCUT2D eigenvalue weighted by atomic mass is 31.2. The topological polar surface area (TPSA) is 237 Å². The first kappa shape index (κ1) is 94.7. The third-order valence-corrected chi connectivity index (χ3v) is 16.9. The van der Waals surface area contributed by atoms with Crippen LogP contribution < -0.4 is 0 Å². The quantitative estimate of drug-likeness (QED) is 0.0169. The maximum absolute atomic E-state index is 13.1. The van der Waals surface area contributed by atoms with E-state index in [2.05, 4.69) is 161 Å². The summed E-state index contributed by atoms with van der Waals surface area (Å²) in [4.78, 5) is 72.8. The summed E-state index contributed by atoms with van der Waals surface area (Å²) in [6, 6.07) is 0. The molecule has 0 saturated carbocycles. The Hall–Kier alpha value is -5.32. The van der Waals surface area contributed by atoms with E-state index in [-0.39, 0.29) is 25.7 Å². The molecule has 0 fully saturated rings. The molecule has 17 nitrogen and oxygen atoms in total. The van der Waals surface area contributed by atoms with Crippen molar-refractivity contribution in [2.24, 2.45) is 0 Å². The first-order chi connectivity index (χ1) is 48.7. The number of rotatable bonds is 69. The van der Waals surface area contributed by atoms with Crippen molar-refractivity contribution in [1.29, 1.82) is 0 Å². The lowest BCUT2D eigenvalue weighted by Crippen LogP contribution is -2.30. The SMILES string of the molecule is CC/C=C\C/C=C\C/C=C\C/C=C\C/C=C\CC(=O)OC(COC(=O)CCCCCCCCC/C=C\C/C=C\C/C=C\CC)COP(=O)(O)OCC(O)COP(=O)(O)OCC(COC(=O)CCCCCCC/C=C\C/C=C\C/C=C\CC)OC(=O)CCCCCCC/C=C\C/C=C\CCC. The summed E-state index contributed by atoms with van der Waals surface area (Å²) in [5.74, 6) is -2.38. The zero-order valence-electron chi connectivity index (χ0n) is 61.8. The van der Waals surface area contributed by atoms with E-state index in [0.29, 0.717) is 25.7 Å². The van der Waals surface area contributed by atoms with Crippen LogP contribution in [0.4, 0.5) is 0 Å². The van der Waals surface area contributed by atoms with Crippen molar-refractivity contribution in [3.63, 3.8) is 0 Å². The summed E-state index contributed by atoms with van der Waals surface area (Å²) in [7, 11) is -10.0. The molecule has 0 aliphatic heterocycles. The molecule has 19 heteroatoms. The van der Waals surface area contributed by atoms with E-state index in [1.165, 1.54) is 0 Å². The average molecular weight is 1440 g/mol. The lowest BCUT2D eigenvalue weighted by Gasteiger charge is -2.21. The summed E-state index contributed by atoms with van der Waals surface area (Å²) in [6.07, 6.45) is 82.7. The van der Waals surface area contributed by atoms with E-state index in [1.807, 2.05) is 12.2 Å². The Morgan fingerprint density at radius 2 is 0.560 bits per heavy atom. The Kier molecular flexibility index (Phi) is 68.2. The molecule has 0 aliphatic rings. The predicted octanol–water partition coefficient (Wildman–Crippen LogP) is 21.7. The average Bonchev–Trinajstić information content (AvgIpc) is 0.932. The fourth-order valence-electron chi connectivity index (χ4n) is 9.36. The van der Waals surface area contributed by atoms with Crippen molar-refractivity contribution in [2.75, 3.05) is 39.6 Å². The highest BCUT2D eigenvalue weighted by Crippen LogP contribution is 2.45. The van der Waals surface area contributed by atoms with Crippen LogP contribution in [0.25, 0.3) is 0 Å². The summed E-state index contributed by atoms with van der Waals surface area (Å²) in [5, 5.41) is 10.6. The van der Waals surface area contributed by atoms with Crippen molar-refractivity contribution in [2.45, 2.75) is 290 Å². The van der Waals surface area contributed by atoms with Gasteiger partial charge in [-0.15, -0.1) is 0 Å². The van der Waals surface area contributed by atoms with Crippen LogP contribution in [0.5, 0.6) is 0 Å².